The lowest BCUT2D eigenvalue weighted by atomic mass is 10.1. The van der Waals surface area contributed by atoms with Gasteiger partial charge in [-0.15, -0.1) is 0 Å². The average molecular weight is 358 g/mol. The van der Waals surface area contributed by atoms with Gasteiger partial charge in [0, 0.05) is 23.6 Å². The van der Waals surface area contributed by atoms with Crippen LogP contribution in [0.2, 0.25) is 5.02 Å². The Morgan fingerprint density at radius 3 is 2.40 bits per heavy atom. The molecule has 2 aromatic carbocycles. The number of hydrogen-bond acceptors (Lipinski definition) is 3. The van der Waals surface area contributed by atoms with E-state index in [4.69, 9.17) is 11.6 Å². The fourth-order valence-electron chi connectivity index (χ4n) is 2.18. The molecule has 2 aromatic rings. The predicted molar refractivity (Wildman–Crippen MR) is 101 cm³/mol. The second kappa shape index (κ2) is 8.99. The van der Waals surface area contributed by atoms with Crippen LogP contribution >= 0.6 is 11.6 Å². The van der Waals surface area contributed by atoms with E-state index >= 15 is 0 Å². The van der Waals surface area contributed by atoms with Gasteiger partial charge in [0.2, 0.25) is 11.8 Å². The Bertz CT molecular complexity index is 786. The summed E-state index contributed by atoms with van der Waals surface area (Å²) in [6.45, 7) is 3.92. The summed E-state index contributed by atoms with van der Waals surface area (Å²) in [4.78, 5) is 23.7. The van der Waals surface area contributed by atoms with E-state index in [-0.39, 0.29) is 24.7 Å². The molecule has 0 unspecified atom stereocenters. The first-order valence-electron chi connectivity index (χ1n) is 7.88. The molecule has 0 saturated carbocycles. The number of nitrogens with zero attached hydrogens (tertiary/aromatic N) is 1. The first-order chi connectivity index (χ1) is 11.9. The van der Waals surface area contributed by atoms with E-state index in [2.05, 4.69) is 15.8 Å². The largest absolute Gasteiger partial charge is 0.326 e. The van der Waals surface area contributed by atoms with Gasteiger partial charge < -0.3 is 5.32 Å². The van der Waals surface area contributed by atoms with E-state index in [9.17, 15) is 9.59 Å². The first kappa shape index (κ1) is 18.7. The minimum absolute atomic E-state index is 0.0642. The van der Waals surface area contributed by atoms with Gasteiger partial charge in [-0.05, 0) is 43.2 Å². The van der Waals surface area contributed by atoms with Crippen LogP contribution in [0.3, 0.4) is 0 Å². The second-order valence-electron chi connectivity index (χ2n) is 5.71. The number of rotatable bonds is 6. The number of nitrogens with one attached hydrogen (secondary N) is 2. The van der Waals surface area contributed by atoms with Gasteiger partial charge in [-0.2, -0.15) is 5.10 Å². The Balaban J connectivity index is 1.75. The van der Waals surface area contributed by atoms with Crippen LogP contribution in [-0.4, -0.2) is 18.0 Å². The van der Waals surface area contributed by atoms with Crippen molar-refractivity contribution in [3.8, 4) is 0 Å². The van der Waals surface area contributed by atoms with E-state index in [1.54, 1.807) is 24.3 Å². The zero-order valence-electron chi connectivity index (χ0n) is 14.2. The molecule has 0 spiro atoms. The van der Waals surface area contributed by atoms with E-state index in [1.807, 2.05) is 32.0 Å². The first-order valence-corrected chi connectivity index (χ1v) is 8.26. The maximum atomic E-state index is 11.9. The van der Waals surface area contributed by atoms with Crippen molar-refractivity contribution in [1.29, 1.82) is 0 Å². The highest BCUT2D eigenvalue weighted by molar-refractivity contribution is 6.30. The molecule has 25 heavy (non-hydrogen) atoms. The topological polar surface area (TPSA) is 70.6 Å². The molecular formula is C19H20ClN3O2. The molecule has 0 aromatic heterocycles. The third kappa shape index (κ3) is 6.39. The van der Waals surface area contributed by atoms with Gasteiger partial charge in [0.25, 0.3) is 0 Å². The number of anilines is 1. The Kier molecular flexibility index (Phi) is 6.71. The fourth-order valence-corrected chi connectivity index (χ4v) is 2.30. The molecule has 0 radical (unpaired) electrons. The Labute approximate surface area is 152 Å². The lowest BCUT2D eigenvalue weighted by molar-refractivity contribution is -0.124. The van der Waals surface area contributed by atoms with E-state index < -0.39 is 0 Å². The van der Waals surface area contributed by atoms with Crippen LogP contribution < -0.4 is 10.7 Å². The molecule has 0 heterocycles. The predicted octanol–water partition coefficient (Wildman–Crippen LogP) is 3.83. The maximum absolute atomic E-state index is 11.9. The summed E-state index contributed by atoms with van der Waals surface area (Å²) < 4.78 is 0. The van der Waals surface area contributed by atoms with Crippen LogP contribution in [0, 0.1) is 13.8 Å². The molecule has 6 heteroatoms. The van der Waals surface area contributed by atoms with Gasteiger partial charge in [0.05, 0.1) is 6.21 Å². The minimum atomic E-state index is -0.319. The molecule has 0 atom stereocenters. The monoisotopic (exact) mass is 357 g/mol. The van der Waals surface area contributed by atoms with Crippen LogP contribution in [0.4, 0.5) is 5.69 Å². The Hall–Kier alpha value is -2.66. The van der Waals surface area contributed by atoms with Crippen molar-refractivity contribution in [2.45, 2.75) is 26.7 Å². The number of carbonyl (C=O) groups is 2. The summed E-state index contributed by atoms with van der Waals surface area (Å²) in [5.41, 5.74) is 6.10. The van der Waals surface area contributed by atoms with Crippen molar-refractivity contribution >= 4 is 35.3 Å². The highest BCUT2D eigenvalue weighted by atomic mass is 35.5. The van der Waals surface area contributed by atoms with E-state index in [0.29, 0.717) is 5.02 Å². The summed E-state index contributed by atoms with van der Waals surface area (Å²) in [5.74, 6) is -0.523. The van der Waals surface area contributed by atoms with Crippen LogP contribution in [0.1, 0.15) is 29.5 Å². The number of carbonyl (C=O) groups excluding carboxylic acids is 2. The van der Waals surface area contributed by atoms with Gasteiger partial charge in [-0.1, -0.05) is 41.4 Å². The second-order valence-corrected chi connectivity index (χ2v) is 6.15. The molecule has 0 bridgehead atoms. The molecular weight excluding hydrogens is 338 g/mol. The molecule has 2 amide bonds. The third-order valence-electron chi connectivity index (χ3n) is 3.51. The number of hydrazone groups is 1. The maximum Gasteiger partial charge on any atom is 0.240 e. The van der Waals surface area contributed by atoms with Crippen molar-refractivity contribution < 1.29 is 9.59 Å². The summed E-state index contributed by atoms with van der Waals surface area (Å²) in [6.07, 6.45) is 1.67. The minimum Gasteiger partial charge on any atom is -0.326 e. The number of halogens is 1. The van der Waals surface area contributed by atoms with Crippen molar-refractivity contribution in [2.24, 2.45) is 5.10 Å². The Morgan fingerprint density at radius 2 is 1.72 bits per heavy atom. The fraction of sp³-hybridized carbons (Fsp3) is 0.211. The van der Waals surface area contributed by atoms with Crippen LogP contribution in [-0.2, 0) is 9.59 Å². The lowest BCUT2D eigenvalue weighted by Gasteiger charge is -2.08. The number of benzene rings is 2. The zero-order valence-corrected chi connectivity index (χ0v) is 14.9. The highest BCUT2D eigenvalue weighted by Crippen LogP contribution is 2.16. The van der Waals surface area contributed by atoms with Crippen LogP contribution in [0.25, 0.3) is 0 Å². The van der Waals surface area contributed by atoms with Crippen molar-refractivity contribution in [1.82, 2.24) is 5.43 Å². The lowest BCUT2D eigenvalue weighted by Crippen LogP contribution is -2.20. The number of amides is 2. The summed E-state index contributed by atoms with van der Waals surface area (Å²) in [6, 6.07) is 12.8. The summed E-state index contributed by atoms with van der Waals surface area (Å²) >= 11 is 5.79. The molecule has 0 fully saturated rings. The number of hydrogen-bond donors (Lipinski definition) is 2. The zero-order chi connectivity index (χ0) is 18.2. The SMILES string of the molecule is Cc1ccc(NC(=O)CCC(=O)N/N=C\c2ccc(Cl)cc2)c(C)c1. The van der Waals surface area contributed by atoms with Gasteiger partial charge in [-0.3, -0.25) is 9.59 Å². The summed E-state index contributed by atoms with van der Waals surface area (Å²) in [7, 11) is 0. The normalized spacial score (nSPS) is 10.7. The van der Waals surface area contributed by atoms with Crippen molar-refractivity contribution in [3.05, 3.63) is 64.2 Å². The molecule has 2 N–H and O–H groups in total. The average Bonchev–Trinajstić information content (AvgIpc) is 2.57. The van der Waals surface area contributed by atoms with Crippen molar-refractivity contribution in [2.75, 3.05) is 5.32 Å². The molecule has 2 rings (SSSR count). The number of aryl methyl sites for hydroxylation is 2. The third-order valence-corrected chi connectivity index (χ3v) is 3.76. The van der Waals surface area contributed by atoms with Crippen LogP contribution in [0.5, 0.6) is 0 Å². The smallest absolute Gasteiger partial charge is 0.240 e. The molecule has 0 saturated heterocycles. The quantitative estimate of drug-likeness (QED) is 0.609. The van der Waals surface area contributed by atoms with Crippen LogP contribution in [0.15, 0.2) is 47.6 Å². The Morgan fingerprint density at radius 1 is 1.04 bits per heavy atom. The highest BCUT2D eigenvalue weighted by Gasteiger charge is 2.08. The van der Waals surface area contributed by atoms with Gasteiger partial charge >= 0.3 is 0 Å². The molecule has 130 valence electrons. The standard InChI is InChI=1S/C19H20ClN3O2/c1-13-3-8-17(14(2)11-13)22-18(24)9-10-19(25)23-21-12-15-4-6-16(20)7-5-15/h3-8,11-12H,9-10H2,1-2H3,(H,22,24)(H,23,25)/b21-12-. The summed E-state index contributed by atoms with van der Waals surface area (Å²) in [5, 5.41) is 7.30. The molecule has 0 aliphatic rings. The van der Waals surface area contributed by atoms with E-state index in [1.165, 1.54) is 6.21 Å². The van der Waals surface area contributed by atoms with Gasteiger partial charge in [0.15, 0.2) is 0 Å². The van der Waals surface area contributed by atoms with Gasteiger partial charge in [-0.25, -0.2) is 5.43 Å². The molecule has 0 aliphatic carbocycles. The molecule has 5 nitrogen and oxygen atoms in total. The van der Waals surface area contributed by atoms with Crippen molar-refractivity contribution in [3.63, 3.8) is 0 Å². The van der Waals surface area contributed by atoms with E-state index in [0.717, 1.165) is 22.4 Å². The van der Waals surface area contributed by atoms with Gasteiger partial charge in [0.1, 0.15) is 0 Å². The molecule has 0 aliphatic heterocycles.